The molecule has 8 heteroatoms. The van der Waals surface area contributed by atoms with Crippen molar-refractivity contribution in [2.24, 2.45) is 0 Å². The monoisotopic (exact) mass is 523 g/mol. The molecule has 38 heavy (non-hydrogen) atoms. The van der Waals surface area contributed by atoms with Crippen LogP contribution in [0.25, 0.3) is 0 Å². The normalized spacial score (nSPS) is 13.0. The molecule has 0 bridgehead atoms. The predicted octanol–water partition coefficient (Wildman–Crippen LogP) is 6.16. The third kappa shape index (κ3) is 5.58. The molecular weight excluding hydrogens is 502 g/mol. The zero-order chi connectivity index (χ0) is 26.5. The molecule has 4 aromatic carbocycles. The summed E-state index contributed by atoms with van der Waals surface area (Å²) < 4.78 is 5.77. The number of carbonyl (C=O) groups excluding carboxylic acids is 3. The van der Waals surface area contributed by atoms with E-state index in [-0.39, 0.29) is 23.2 Å². The molecule has 2 N–H and O–H groups in total. The largest absolute Gasteiger partial charge is 0.457 e. The summed E-state index contributed by atoms with van der Waals surface area (Å²) in [5.74, 6) is 0.0127. The maximum absolute atomic E-state index is 12.9. The molecule has 7 nitrogen and oxygen atoms in total. The summed E-state index contributed by atoms with van der Waals surface area (Å²) in [4.78, 5) is 39.2. The van der Waals surface area contributed by atoms with Crippen molar-refractivity contribution < 1.29 is 19.1 Å². The first-order valence-electron chi connectivity index (χ1n) is 11.8. The Kier molecular flexibility index (Phi) is 7.19. The highest BCUT2D eigenvalue weighted by Gasteiger charge is 2.37. The summed E-state index contributed by atoms with van der Waals surface area (Å²) >= 11 is 6.19. The fourth-order valence-electron chi connectivity index (χ4n) is 3.85. The molecule has 0 fully saturated rings. The number of imide groups is 1. The van der Waals surface area contributed by atoms with E-state index in [9.17, 15) is 14.4 Å². The van der Waals surface area contributed by atoms with Gasteiger partial charge in [-0.25, -0.2) is 0 Å². The maximum Gasteiger partial charge on any atom is 0.279 e. The lowest BCUT2D eigenvalue weighted by atomic mass is 10.2. The minimum absolute atomic E-state index is 0.00242. The summed E-state index contributed by atoms with van der Waals surface area (Å²) in [5.41, 5.74) is 2.36. The minimum atomic E-state index is -0.556. The Bertz CT molecular complexity index is 1500. The van der Waals surface area contributed by atoms with Crippen molar-refractivity contribution in [3.05, 3.63) is 131 Å². The van der Waals surface area contributed by atoms with Gasteiger partial charge in [0, 0.05) is 16.9 Å². The minimum Gasteiger partial charge on any atom is -0.457 e. The van der Waals surface area contributed by atoms with Crippen molar-refractivity contribution in [3.8, 4) is 11.5 Å². The number of para-hydroxylation sites is 1. The van der Waals surface area contributed by atoms with Crippen molar-refractivity contribution in [1.82, 2.24) is 4.90 Å². The second kappa shape index (κ2) is 11.0. The first-order valence-corrected chi connectivity index (χ1v) is 12.2. The van der Waals surface area contributed by atoms with E-state index < -0.39 is 11.8 Å². The summed E-state index contributed by atoms with van der Waals surface area (Å²) in [6.07, 6.45) is 0. The van der Waals surface area contributed by atoms with E-state index in [0.717, 1.165) is 16.2 Å². The van der Waals surface area contributed by atoms with Crippen LogP contribution in [0.2, 0.25) is 0 Å². The van der Waals surface area contributed by atoms with E-state index in [4.69, 9.17) is 16.3 Å². The number of nitrogens with one attached hydrogen (secondary N) is 2. The summed E-state index contributed by atoms with van der Waals surface area (Å²) in [5, 5.41) is 5.58. The van der Waals surface area contributed by atoms with Gasteiger partial charge in [-0.2, -0.15) is 0 Å². The SMILES string of the molecule is O=C(Nc1ccc(Oc2ccccc2)cc1)c1ccc(NC2=C(Cl)C(=O)N(Cc3ccccc3)C2=O)cc1. The molecule has 0 saturated heterocycles. The second-order valence-electron chi connectivity index (χ2n) is 8.47. The van der Waals surface area contributed by atoms with E-state index in [1.54, 1.807) is 48.5 Å². The van der Waals surface area contributed by atoms with Gasteiger partial charge in [-0.1, -0.05) is 60.1 Å². The topological polar surface area (TPSA) is 87.7 Å². The smallest absolute Gasteiger partial charge is 0.279 e. The van der Waals surface area contributed by atoms with Gasteiger partial charge in [0.2, 0.25) is 0 Å². The van der Waals surface area contributed by atoms with Gasteiger partial charge in [0.25, 0.3) is 17.7 Å². The molecule has 1 aliphatic heterocycles. The average Bonchev–Trinajstić information content (AvgIpc) is 3.14. The van der Waals surface area contributed by atoms with Crippen LogP contribution in [0, 0.1) is 0 Å². The number of anilines is 2. The Balaban J connectivity index is 1.19. The lowest BCUT2D eigenvalue weighted by Crippen LogP contribution is -2.31. The highest BCUT2D eigenvalue weighted by molar-refractivity contribution is 6.48. The Morgan fingerprint density at radius 3 is 1.95 bits per heavy atom. The fraction of sp³-hybridized carbons (Fsp3) is 0.0333. The molecule has 0 aromatic heterocycles. The second-order valence-corrected chi connectivity index (χ2v) is 8.84. The number of rotatable bonds is 8. The number of halogens is 1. The Morgan fingerprint density at radius 2 is 1.29 bits per heavy atom. The standard InChI is InChI=1S/C30H22ClN3O4/c31-26-27(30(37)34(29(26)36)19-20-7-3-1-4-8-20)32-22-13-11-21(12-14-22)28(35)33-23-15-17-25(18-16-23)38-24-9-5-2-6-10-24/h1-18,32H,19H2,(H,33,35). The van der Waals surface area contributed by atoms with Crippen molar-refractivity contribution in [2.75, 3.05) is 10.6 Å². The zero-order valence-corrected chi connectivity index (χ0v) is 20.8. The van der Waals surface area contributed by atoms with E-state index in [1.807, 2.05) is 60.7 Å². The highest BCUT2D eigenvalue weighted by atomic mass is 35.5. The van der Waals surface area contributed by atoms with Crippen LogP contribution in [0.4, 0.5) is 11.4 Å². The zero-order valence-electron chi connectivity index (χ0n) is 20.1. The van der Waals surface area contributed by atoms with Crippen molar-refractivity contribution in [1.29, 1.82) is 0 Å². The molecule has 188 valence electrons. The van der Waals surface area contributed by atoms with Crippen LogP contribution in [0.15, 0.2) is 120 Å². The Hall–Kier alpha value is -4.88. The van der Waals surface area contributed by atoms with Crippen LogP contribution in [0.1, 0.15) is 15.9 Å². The molecule has 0 saturated carbocycles. The van der Waals surface area contributed by atoms with Gasteiger partial charge < -0.3 is 15.4 Å². The number of carbonyl (C=O) groups is 3. The number of amides is 3. The van der Waals surface area contributed by atoms with Gasteiger partial charge >= 0.3 is 0 Å². The van der Waals surface area contributed by atoms with E-state index >= 15 is 0 Å². The van der Waals surface area contributed by atoms with Crippen LogP contribution in [0.3, 0.4) is 0 Å². The van der Waals surface area contributed by atoms with Crippen LogP contribution < -0.4 is 15.4 Å². The third-order valence-electron chi connectivity index (χ3n) is 5.80. The molecule has 0 radical (unpaired) electrons. The highest BCUT2D eigenvalue weighted by Crippen LogP contribution is 2.27. The van der Waals surface area contributed by atoms with E-state index in [1.165, 1.54) is 0 Å². The fourth-order valence-corrected chi connectivity index (χ4v) is 4.08. The number of hydrogen-bond donors (Lipinski definition) is 2. The first-order chi connectivity index (χ1) is 18.5. The molecule has 5 rings (SSSR count). The average molecular weight is 524 g/mol. The van der Waals surface area contributed by atoms with Crippen LogP contribution >= 0.6 is 11.6 Å². The molecule has 1 heterocycles. The molecule has 0 aliphatic carbocycles. The van der Waals surface area contributed by atoms with Crippen LogP contribution in [-0.2, 0) is 16.1 Å². The van der Waals surface area contributed by atoms with E-state index in [2.05, 4.69) is 10.6 Å². The lowest BCUT2D eigenvalue weighted by Gasteiger charge is -2.15. The Labute approximate surface area is 224 Å². The van der Waals surface area contributed by atoms with Gasteiger partial charge in [-0.05, 0) is 66.2 Å². The first kappa shape index (κ1) is 24.8. The third-order valence-corrected chi connectivity index (χ3v) is 6.15. The van der Waals surface area contributed by atoms with Gasteiger partial charge in [0.1, 0.15) is 22.2 Å². The maximum atomic E-state index is 12.9. The number of hydrogen-bond acceptors (Lipinski definition) is 5. The number of ether oxygens (including phenoxy) is 1. The predicted molar refractivity (Wildman–Crippen MR) is 146 cm³/mol. The summed E-state index contributed by atoms with van der Waals surface area (Å²) in [6.45, 7) is 0.123. The van der Waals surface area contributed by atoms with Gasteiger partial charge in [0.15, 0.2) is 0 Å². The van der Waals surface area contributed by atoms with Gasteiger partial charge in [-0.3, -0.25) is 19.3 Å². The summed E-state index contributed by atoms with van der Waals surface area (Å²) in [6, 6.07) is 32.2. The molecule has 0 atom stereocenters. The molecular formula is C30H22ClN3O4. The van der Waals surface area contributed by atoms with E-state index in [0.29, 0.717) is 22.7 Å². The Morgan fingerprint density at radius 1 is 0.711 bits per heavy atom. The molecule has 0 spiro atoms. The molecule has 3 amide bonds. The van der Waals surface area contributed by atoms with Crippen molar-refractivity contribution >= 4 is 40.7 Å². The van der Waals surface area contributed by atoms with Gasteiger partial charge in [-0.15, -0.1) is 0 Å². The van der Waals surface area contributed by atoms with Crippen LogP contribution in [-0.4, -0.2) is 22.6 Å². The summed E-state index contributed by atoms with van der Waals surface area (Å²) in [7, 11) is 0. The van der Waals surface area contributed by atoms with Crippen molar-refractivity contribution in [2.45, 2.75) is 6.54 Å². The number of nitrogens with zero attached hydrogens (tertiary/aromatic N) is 1. The van der Waals surface area contributed by atoms with Gasteiger partial charge in [0.05, 0.1) is 6.54 Å². The number of benzene rings is 4. The molecule has 4 aromatic rings. The van der Waals surface area contributed by atoms with Crippen molar-refractivity contribution in [3.63, 3.8) is 0 Å². The molecule has 0 unspecified atom stereocenters. The lowest BCUT2D eigenvalue weighted by molar-refractivity contribution is -0.138. The molecule has 1 aliphatic rings. The quantitative estimate of drug-likeness (QED) is 0.270. The van der Waals surface area contributed by atoms with Crippen LogP contribution in [0.5, 0.6) is 11.5 Å².